The zero-order valence-electron chi connectivity index (χ0n) is 13.5. The normalized spacial score (nSPS) is 14.3. The lowest BCUT2D eigenvalue weighted by Gasteiger charge is -2.23. The molecular weight excluding hydrogens is 302 g/mol. The van der Waals surface area contributed by atoms with Crippen molar-refractivity contribution < 1.29 is 9.59 Å². The second-order valence-corrected chi connectivity index (χ2v) is 5.76. The summed E-state index contributed by atoms with van der Waals surface area (Å²) >= 11 is 0. The standard InChI is InChI=1S/C19H19N3O2/c1-14-7-9-16(10-8-14)22-18(23)12-11-17(21-22)19(24)20-13-15-5-3-2-4-6-15/h2-10H,11-13H2,1H3,(H,20,24). The lowest BCUT2D eigenvalue weighted by Crippen LogP contribution is -2.38. The van der Waals surface area contributed by atoms with Gasteiger partial charge in [0.15, 0.2) is 0 Å². The smallest absolute Gasteiger partial charge is 0.267 e. The Labute approximate surface area is 141 Å². The van der Waals surface area contributed by atoms with Gasteiger partial charge in [0.1, 0.15) is 5.71 Å². The molecule has 0 bridgehead atoms. The van der Waals surface area contributed by atoms with E-state index in [1.807, 2.05) is 61.5 Å². The summed E-state index contributed by atoms with van der Waals surface area (Å²) in [7, 11) is 0. The van der Waals surface area contributed by atoms with E-state index in [1.54, 1.807) is 0 Å². The monoisotopic (exact) mass is 321 g/mol. The molecule has 0 fully saturated rings. The van der Waals surface area contributed by atoms with E-state index < -0.39 is 0 Å². The summed E-state index contributed by atoms with van der Waals surface area (Å²) in [6.45, 7) is 2.42. The van der Waals surface area contributed by atoms with Crippen molar-refractivity contribution in [1.82, 2.24) is 5.32 Å². The molecule has 5 heteroatoms. The Morgan fingerprint density at radius 3 is 2.50 bits per heavy atom. The van der Waals surface area contributed by atoms with Gasteiger partial charge in [-0.1, -0.05) is 48.0 Å². The zero-order valence-corrected chi connectivity index (χ0v) is 13.5. The van der Waals surface area contributed by atoms with Crippen LogP contribution >= 0.6 is 0 Å². The van der Waals surface area contributed by atoms with Crippen molar-refractivity contribution in [3.8, 4) is 0 Å². The Morgan fingerprint density at radius 1 is 1.08 bits per heavy atom. The van der Waals surface area contributed by atoms with Crippen molar-refractivity contribution >= 4 is 23.2 Å². The van der Waals surface area contributed by atoms with Crippen LogP contribution in [0.25, 0.3) is 0 Å². The van der Waals surface area contributed by atoms with Crippen molar-refractivity contribution in [2.24, 2.45) is 5.10 Å². The van der Waals surface area contributed by atoms with Crippen molar-refractivity contribution in [3.63, 3.8) is 0 Å². The fraction of sp³-hybridized carbons (Fsp3) is 0.211. The first-order valence-corrected chi connectivity index (χ1v) is 7.93. The van der Waals surface area contributed by atoms with Gasteiger partial charge in [-0.3, -0.25) is 9.59 Å². The van der Waals surface area contributed by atoms with Crippen LogP contribution in [0.5, 0.6) is 0 Å². The molecule has 5 nitrogen and oxygen atoms in total. The Morgan fingerprint density at radius 2 is 1.79 bits per heavy atom. The number of anilines is 1. The van der Waals surface area contributed by atoms with Gasteiger partial charge in [0.05, 0.1) is 5.69 Å². The number of nitrogens with one attached hydrogen (secondary N) is 1. The van der Waals surface area contributed by atoms with Crippen molar-refractivity contribution in [2.45, 2.75) is 26.3 Å². The molecule has 1 N–H and O–H groups in total. The highest BCUT2D eigenvalue weighted by Gasteiger charge is 2.25. The molecule has 2 aromatic rings. The summed E-state index contributed by atoms with van der Waals surface area (Å²) in [6, 6.07) is 17.2. The van der Waals surface area contributed by atoms with Gasteiger partial charge >= 0.3 is 0 Å². The highest BCUT2D eigenvalue weighted by molar-refractivity contribution is 6.40. The number of hydrogen-bond acceptors (Lipinski definition) is 3. The van der Waals surface area contributed by atoms with Crippen LogP contribution in [0.4, 0.5) is 5.69 Å². The maximum atomic E-state index is 12.3. The minimum absolute atomic E-state index is 0.0986. The first kappa shape index (κ1) is 15.9. The molecule has 1 heterocycles. The third-order valence-corrected chi connectivity index (χ3v) is 3.87. The largest absolute Gasteiger partial charge is 0.347 e. The molecule has 2 amide bonds. The van der Waals surface area contributed by atoms with Crippen LogP contribution in [0.3, 0.4) is 0 Å². The number of amides is 2. The Balaban J connectivity index is 1.72. The van der Waals surface area contributed by atoms with E-state index >= 15 is 0 Å². The number of hydrazone groups is 1. The molecule has 0 aliphatic carbocycles. The van der Waals surface area contributed by atoms with Crippen molar-refractivity contribution in [3.05, 3.63) is 65.7 Å². The fourth-order valence-corrected chi connectivity index (χ4v) is 2.48. The molecule has 2 aromatic carbocycles. The number of carbonyl (C=O) groups excluding carboxylic acids is 2. The van der Waals surface area contributed by atoms with Gasteiger partial charge in [-0.05, 0) is 24.6 Å². The van der Waals surface area contributed by atoms with E-state index in [1.165, 1.54) is 5.01 Å². The van der Waals surface area contributed by atoms with Gasteiger partial charge in [0, 0.05) is 19.4 Å². The molecule has 0 radical (unpaired) electrons. The number of aryl methyl sites for hydroxylation is 1. The topological polar surface area (TPSA) is 61.8 Å². The molecule has 122 valence electrons. The number of rotatable bonds is 4. The molecule has 24 heavy (non-hydrogen) atoms. The molecule has 0 unspecified atom stereocenters. The van der Waals surface area contributed by atoms with E-state index in [0.717, 1.165) is 11.1 Å². The molecule has 1 aliphatic rings. The predicted molar refractivity (Wildman–Crippen MR) is 93.6 cm³/mol. The van der Waals surface area contributed by atoms with Crippen LogP contribution in [0, 0.1) is 6.92 Å². The maximum Gasteiger partial charge on any atom is 0.267 e. The summed E-state index contributed by atoms with van der Waals surface area (Å²) < 4.78 is 0. The summed E-state index contributed by atoms with van der Waals surface area (Å²) in [6.07, 6.45) is 0.646. The summed E-state index contributed by atoms with van der Waals surface area (Å²) in [4.78, 5) is 24.4. The summed E-state index contributed by atoms with van der Waals surface area (Å²) in [5.41, 5.74) is 3.19. The van der Waals surface area contributed by atoms with Crippen molar-refractivity contribution in [2.75, 3.05) is 5.01 Å². The van der Waals surface area contributed by atoms with E-state index in [2.05, 4.69) is 10.4 Å². The first-order chi connectivity index (χ1) is 11.6. The van der Waals surface area contributed by atoms with E-state index in [9.17, 15) is 9.59 Å². The molecule has 0 spiro atoms. The molecular formula is C19H19N3O2. The summed E-state index contributed by atoms with van der Waals surface area (Å²) in [5.74, 6) is -0.332. The third kappa shape index (κ3) is 3.68. The molecule has 1 aliphatic heterocycles. The van der Waals surface area contributed by atoms with Gasteiger partial charge < -0.3 is 5.32 Å². The fourth-order valence-electron chi connectivity index (χ4n) is 2.48. The number of benzene rings is 2. The number of carbonyl (C=O) groups is 2. The highest BCUT2D eigenvalue weighted by atomic mass is 16.2. The van der Waals surface area contributed by atoms with Crippen LogP contribution in [0.2, 0.25) is 0 Å². The molecule has 0 saturated carbocycles. The third-order valence-electron chi connectivity index (χ3n) is 3.87. The van der Waals surface area contributed by atoms with Crippen LogP contribution < -0.4 is 10.3 Å². The van der Waals surface area contributed by atoms with Gasteiger partial charge in [0.2, 0.25) is 5.91 Å². The van der Waals surface area contributed by atoms with E-state index in [0.29, 0.717) is 24.4 Å². The number of nitrogens with zero attached hydrogens (tertiary/aromatic N) is 2. The maximum absolute atomic E-state index is 12.3. The average Bonchev–Trinajstić information content (AvgIpc) is 2.62. The Hall–Kier alpha value is -2.95. The molecule has 0 aromatic heterocycles. The van der Waals surface area contributed by atoms with Gasteiger partial charge in [-0.25, -0.2) is 5.01 Å². The molecule has 0 atom stereocenters. The van der Waals surface area contributed by atoms with Gasteiger partial charge in [-0.2, -0.15) is 5.10 Å². The van der Waals surface area contributed by atoms with Crippen LogP contribution in [0.1, 0.15) is 24.0 Å². The molecule has 3 rings (SSSR count). The summed E-state index contributed by atoms with van der Waals surface area (Å²) in [5, 5.41) is 8.44. The minimum Gasteiger partial charge on any atom is -0.347 e. The quantitative estimate of drug-likeness (QED) is 0.941. The lowest BCUT2D eigenvalue weighted by atomic mass is 10.1. The van der Waals surface area contributed by atoms with E-state index in [4.69, 9.17) is 0 Å². The Bertz CT molecular complexity index is 767. The van der Waals surface area contributed by atoms with Crippen LogP contribution in [0.15, 0.2) is 59.7 Å². The molecule has 0 saturated heterocycles. The van der Waals surface area contributed by atoms with Gasteiger partial charge in [-0.15, -0.1) is 0 Å². The SMILES string of the molecule is Cc1ccc(N2N=C(C(=O)NCc3ccccc3)CCC2=O)cc1. The van der Waals surface area contributed by atoms with Crippen LogP contribution in [-0.2, 0) is 16.1 Å². The highest BCUT2D eigenvalue weighted by Crippen LogP contribution is 2.20. The zero-order chi connectivity index (χ0) is 16.9. The average molecular weight is 321 g/mol. The predicted octanol–water partition coefficient (Wildman–Crippen LogP) is 2.79. The number of hydrogen-bond donors (Lipinski definition) is 1. The van der Waals surface area contributed by atoms with Crippen molar-refractivity contribution in [1.29, 1.82) is 0 Å². The van der Waals surface area contributed by atoms with Crippen LogP contribution in [-0.4, -0.2) is 17.5 Å². The van der Waals surface area contributed by atoms with Gasteiger partial charge in [0.25, 0.3) is 5.91 Å². The second-order valence-electron chi connectivity index (χ2n) is 5.76. The minimum atomic E-state index is -0.233. The Kier molecular flexibility index (Phi) is 4.70. The first-order valence-electron chi connectivity index (χ1n) is 7.93. The van der Waals surface area contributed by atoms with E-state index in [-0.39, 0.29) is 18.2 Å². The second kappa shape index (κ2) is 7.08. The lowest BCUT2D eigenvalue weighted by molar-refractivity contribution is -0.119.